The van der Waals surface area contributed by atoms with Crippen molar-refractivity contribution in [3.05, 3.63) is 253 Å². The fourth-order valence-electron chi connectivity index (χ4n) is 13.2. The van der Waals surface area contributed by atoms with Crippen LogP contribution in [0.3, 0.4) is 0 Å². The van der Waals surface area contributed by atoms with Crippen LogP contribution in [-0.2, 0) is 20.1 Å². The number of para-hydroxylation sites is 3. The van der Waals surface area contributed by atoms with Crippen molar-refractivity contribution in [1.82, 2.24) is 28.7 Å². The molecule has 0 aliphatic carbocycles. The summed E-state index contributed by atoms with van der Waals surface area (Å²) in [6.45, 7) is 27.0. The molecule has 6 aromatic heterocycles. The van der Waals surface area contributed by atoms with Crippen molar-refractivity contribution in [2.24, 2.45) is 0 Å². The van der Waals surface area contributed by atoms with Gasteiger partial charge in [-0.2, -0.15) is 0 Å². The van der Waals surface area contributed by atoms with Gasteiger partial charge in [0.15, 0.2) is 0 Å². The van der Waals surface area contributed by atoms with Crippen molar-refractivity contribution in [1.29, 1.82) is 0 Å². The van der Waals surface area contributed by atoms with Crippen LogP contribution in [0.4, 0.5) is 0 Å². The first-order chi connectivity index (χ1) is 43.7. The van der Waals surface area contributed by atoms with Gasteiger partial charge in [0, 0.05) is 86.6 Å². The Morgan fingerprint density at radius 2 is 0.582 bits per heavy atom. The normalized spacial score (nSPS) is 11.8. The molecule has 0 bridgehead atoms. The molecule has 15 aromatic rings. The average Bonchev–Trinajstić information content (AvgIpc) is 1.68. The summed E-state index contributed by atoms with van der Waals surface area (Å²) in [6.07, 6.45) is 11.8. The van der Waals surface area contributed by atoms with Gasteiger partial charge in [-0.05, 0) is 105 Å². The molecule has 0 aliphatic heterocycles. The maximum atomic E-state index is 6.29. The van der Waals surface area contributed by atoms with Gasteiger partial charge in [-0.25, -0.2) is 0 Å². The van der Waals surface area contributed by atoms with E-state index in [2.05, 4.69) is 225 Å². The molecule has 0 aliphatic rings. The molecule has 9 aromatic carbocycles. The first kappa shape index (κ1) is 61.9. The third-order valence-corrected chi connectivity index (χ3v) is 17.2. The van der Waals surface area contributed by atoms with Crippen LogP contribution in [0.2, 0.25) is 0 Å². The Hall–Kier alpha value is -9.34. The van der Waals surface area contributed by atoms with Gasteiger partial charge in [0.2, 0.25) is 0 Å². The van der Waals surface area contributed by atoms with Crippen LogP contribution < -0.4 is 0 Å². The summed E-state index contributed by atoms with van der Waals surface area (Å²) < 4.78 is 25.6. The Balaban J connectivity index is 0.000000131. The second kappa shape index (κ2) is 25.9. The van der Waals surface area contributed by atoms with E-state index in [-0.39, 0.29) is 20.1 Å². The molecule has 0 saturated carbocycles. The van der Waals surface area contributed by atoms with E-state index in [9.17, 15) is 0 Å². The number of rotatable bonds is 12. The largest absolute Gasteiger partial charge is 3.00 e. The van der Waals surface area contributed by atoms with E-state index in [0.29, 0.717) is 35.5 Å². The third kappa shape index (κ3) is 11.4. The standard InChI is InChI=1S/3C27H25N2O.Ir/c3*1-17(2)21-16-23-25(20-12-8-9-13-22(20)30-23)24(18(3)4)26(21)29-15-14-28-27(29)19-10-6-5-7-11-19;/h3*5-10,12-18H,1-4H3;/q3*-1;+3. The molecule has 0 amide bonds. The van der Waals surface area contributed by atoms with Crippen LogP contribution in [-0.4, -0.2) is 28.7 Å². The van der Waals surface area contributed by atoms with Crippen molar-refractivity contribution in [2.45, 2.75) is 119 Å². The van der Waals surface area contributed by atoms with E-state index in [1.54, 1.807) is 0 Å². The maximum absolute atomic E-state index is 6.29. The molecule has 0 saturated heterocycles. The van der Waals surface area contributed by atoms with Gasteiger partial charge in [-0.15, -0.1) is 108 Å². The zero-order chi connectivity index (χ0) is 62.5. The van der Waals surface area contributed by atoms with Gasteiger partial charge in [0.25, 0.3) is 0 Å². The van der Waals surface area contributed by atoms with Crippen molar-refractivity contribution in [3.63, 3.8) is 0 Å². The SMILES string of the molecule is CC(C)c1cc2oc3ccccc3c2c(C(C)C)c1-n1ccnc1-c1[c-]cccc1.CC(C)c1cc2oc3ccccc3c2c(C(C)C)c1-n1ccnc1-c1[c-]cccc1.CC(C)c1cc2oc3ccccc3c2c(C(C)C)c1-n1ccnc1-c1[c-]cccc1.[Ir+3]. The predicted molar refractivity (Wildman–Crippen MR) is 370 cm³/mol. The first-order valence-electron chi connectivity index (χ1n) is 31.6. The summed E-state index contributed by atoms with van der Waals surface area (Å²) in [7, 11) is 0. The molecule has 9 nitrogen and oxygen atoms in total. The molecule has 0 atom stereocenters. The van der Waals surface area contributed by atoms with Gasteiger partial charge < -0.3 is 27.0 Å². The smallest absolute Gasteiger partial charge is 0.456 e. The number of furan rings is 3. The van der Waals surface area contributed by atoms with E-state index in [1.807, 2.05) is 91.4 Å². The molecule has 456 valence electrons. The van der Waals surface area contributed by atoms with Crippen LogP contribution in [0, 0.1) is 18.2 Å². The number of nitrogens with zero attached hydrogens (tertiary/aromatic N) is 6. The molecular weight excluding hydrogens is 1300 g/mol. The molecule has 0 radical (unpaired) electrons. The number of imidazole rings is 3. The fourth-order valence-corrected chi connectivity index (χ4v) is 13.2. The van der Waals surface area contributed by atoms with Gasteiger partial charge >= 0.3 is 20.1 Å². The first-order valence-corrected chi connectivity index (χ1v) is 31.6. The summed E-state index contributed by atoms with van der Waals surface area (Å²) in [5.74, 6) is 4.69. The molecule has 0 spiro atoms. The minimum Gasteiger partial charge on any atom is -0.456 e. The summed E-state index contributed by atoms with van der Waals surface area (Å²) >= 11 is 0. The number of benzene rings is 9. The Bertz CT molecular complexity index is 4530. The number of hydrogen-bond donors (Lipinski definition) is 0. The summed E-state index contributed by atoms with van der Waals surface area (Å²) in [6, 6.07) is 65.7. The van der Waals surface area contributed by atoms with Crippen molar-refractivity contribution >= 4 is 65.8 Å². The fraction of sp³-hybridized carbons (Fsp3) is 0.222. The Morgan fingerprint density at radius 3 is 0.824 bits per heavy atom. The second-order valence-electron chi connectivity index (χ2n) is 25.2. The van der Waals surface area contributed by atoms with E-state index >= 15 is 0 Å². The zero-order valence-electron chi connectivity index (χ0n) is 53.8. The van der Waals surface area contributed by atoms with Crippen LogP contribution in [0.1, 0.15) is 152 Å². The molecule has 15 rings (SSSR count). The Kier molecular flexibility index (Phi) is 17.6. The Labute approximate surface area is 546 Å². The van der Waals surface area contributed by atoms with E-state index in [0.717, 1.165) is 67.7 Å². The third-order valence-electron chi connectivity index (χ3n) is 17.2. The predicted octanol–water partition coefficient (Wildman–Crippen LogP) is 22.5. The zero-order valence-corrected chi connectivity index (χ0v) is 56.2. The van der Waals surface area contributed by atoms with Crippen LogP contribution in [0.15, 0.2) is 214 Å². The molecule has 0 fully saturated rings. The Morgan fingerprint density at radius 1 is 0.319 bits per heavy atom. The van der Waals surface area contributed by atoms with Crippen LogP contribution in [0.5, 0.6) is 0 Å². The molecule has 0 N–H and O–H groups in total. The molecule has 91 heavy (non-hydrogen) atoms. The van der Waals surface area contributed by atoms with Gasteiger partial charge in [-0.3, -0.25) is 15.0 Å². The van der Waals surface area contributed by atoms with Crippen molar-refractivity contribution in [2.75, 3.05) is 0 Å². The van der Waals surface area contributed by atoms with E-state index in [4.69, 9.17) is 28.2 Å². The van der Waals surface area contributed by atoms with Crippen LogP contribution in [0.25, 0.3) is 117 Å². The van der Waals surface area contributed by atoms with E-state index < -0.39 is 0 Å². The topological polar surface area (TPSA) is 92.9 Å². The maximum Gasteiger partial charge on any atom is 3.00 e. The molecular formula is C81H75IrN6O3. The second-order valence-corrected chi connectivity index (χ2v) is 25.2. The summed E-state index contributed by atoms with van der Waals surface area (Å²) in [5, 5.41) is 7.12. The van der Waals surface area contributed by atoms with Gasteiger partial charge in [0.1, 0.15) is 33.5 Å². The quantitative estimate of drug-likeness (QED) is 0.113. The van der Waals surface area contributed by atoms with Crippen molar-refractivity contribution < 1.29 is 33.4 Å². The minimum atomic E-state index is 0. The van der Waals surface area contributed by atoms with Crippen molar-refractivity contribution in [3.8, 4) is 51.2 Å². The summed E-state index contributed by atoms with van der Waals surface area (Å²) in [5.41, 5.74) is 20.0. The summed E-state index contributed by atoms with van der Waals surface area (Å²) in [4.78, 5) is 14.1. The monoisotopic (exact) mass is 1370 g/mol. The molecule has 10 heteroatoms. The van der Waals surface area contributed by atoms with Crippen LogP contribution >= 0.6 is 0 Å². The van der Waals surface area contributed by atoms with Gasteiger partial charge in [0.05, 0.1) is 17.5 Å². The minimum absolute atomic E-state index is 0. The molecule has 6 heterocycles. The van der Waals surface area contributed by atoms with E-state index in [1.165, 1.54) is 82.8 Å². The number of fused-ring (bicyclic) bond motifs is 9. The number of hydrogen-bond acceptors (Lipinski definition) is 6. The average molecular weight is 1370 g/mol. The van der Waals surface area contributed by atoms with Gasteiger partial charge in [-0.1, -0.05) is 138 Å². The molecule has 0 unspecified atom stereocenters. The number of aromatic nitrogens is 6.